The van der Waals surface area contributed by atoms with Crippen molar-refractivity contribution in [3.8, 4) is 11.3 Å². The molecule has 0 aliphatic heterocycles. The number of hydrogen-bond donors (Lipinski definition) is 3. The van der Waals surface area contributed by atoms with Crippen LogP contribution < -0.4 is 16.4 Å². The van der Waals surface area contributed by atoms with Gasteiger partial charge in [-0.1, -0.05) is 18.5 Å². The molecule has 188 valence electrons. The molecule has 4 rings (SSSR count). The van der Waals surface area contributed by atoms with Crippen LogP contribution >= 0.6 is 23.4 Å². The van der Waals surface area contributed by atoms with Crippen LogP contribution in [0.4, 0.5) is 20.3 Å². The summed E-state index contributed by atoms with van der Waals surface area (Å²) in [5.41, 5.74) is 8.51. The summed E-state index contributed by atoms with van der Waals surface area (Å²) in [5, 5.41) is 5.88. The van der Waals surface area contributed by atoms with Gasteiger partial charge in [0.2, 0.25) is 0 Å². The zero-order valence-corrected chi connectivity index (χ0v) is 21.1. The summed E-state index contributed by atoms with van der Waals surface area (Å²) in [4.78, 5) is 21.4. The Morgan fingerprint density at radius 2 is 2.00 bits per heavy atom. The molecule has 0 aliphatic carbocycles. The lowest BCUT2D eigenvalue weighted by atomic mass is 10.0. The Kier molecular flexibility index (Phi) is 8.40. The van der Waals surface area contributed by atoms with Crippen molar-refractivity contribution in [3.05, 3.63) is 76.7 Å². The third-order valence-corrected chi connectivity index (χ3v) is 6.84. The van der Waals surface area contributed by atoms with Gasteiger partial charge in [0.15, 0.2) is 23.1 Å². The maximum absolute atomic E-state index is 14.5. The molecule has 0 radical (unpaired) electrons. The van der Waals surface area contributed by atoms with Crippen molar-refractivity contribution in [2.45, 2.75) is 13.3 Å². The molecule has 2 aromatic heterocycles. The molecule has 0 fully saturated rings. The van der Waals surface area contributed by atoms with Crippen molar-refractivity contribution in [2.24, 2.45) is 5.73 Å². The quantitative estimate of drug-likeness (QED) is 0.196. The predicted molar refractivity (Wildman–Crippen MR) is 141 cm³/mol. The van der Waals surface area contributed by atoms with E-state index in [9.17, 15) is 13.6 Å². The van der Waals surface area contributed by atoms with E-state index in [1.54, 1.807) is 34.5 Å². The third kappa shape index (κ3) is 5.45. The number of nitrogens with zero attached hydrogens (tertiary/aromatic N) is 3. The molecule has 36 heavy (non-hydrogen) atoms. The van der Waals surface area contributed by atoms with Crippen LogP contribution in [0, 0.1) is 11.6 Å². The number of thioether (sulfide) groups is 1. The molecule has 0 saturated heterocycles. The van der Waals surface area contributed by atoms with Crippen molar-refractivity contribution in [2.75, 3.05) is 29.9 Å². The molecule has 0 saturated carbocycles. The zero-order chi connectivity index (χ0) is 25.7. The van der Waals surface area contributed by atoms with Gasteiger partial charge < -0.3 is 16.4 Å². The van der Waals surface area contributed by atoms with Gasteiger partial charge in [-0.2, -0.15) is 11.8 Å². The summed E-state index contributed by atoms with van der Waals surface area (Å²) in [6, 6.07) is 8.17. The minimum atomic E-state index is -1.11. The Labute approximate surface area is 216 Å². The second kappa shape index (κ2) is 11.7. The number of anilines is 2. The summed E-state index contributed by atoms with van der Waals surface area (Å²) in [7, 11) is 0. The van der Waals surface area contributed by atoms with Crippen LogP contribution in [0.5, 0.6) is 0 Å². The van der Waals surface area contributed by atoms with E-state index in [2.05, 4.69) is 20.6 Å². The van der Waals surface area contributed by atoms with Crippen molar-refractivity contribution >= 4 is 46.4 Å². The Balaban J connectivity index is 1.57. The van der Waals surface area contributed by atoms with E-state index in [0.29, 0.717) is 42.2 Å². The summed E-state index contributed by atoms with van der Waals surface area (Å²) in [5.74, 6) is -0.187. The van der Waals surface area contributed by atoms with Crippen LogP contribution in [0.1, 0.15) is 22.8 Å². The maximum atomic E-state index is 14.5. The zero-order valence-electron chi connectivity index (χ0n) is 19.5. The van der Waals surface area contributed by atoms with Gasteiger partial charge in [0.1, 0.15) is 0 Å². The number of hydrogen-bond acceptors (Lipinski definition) is 6. The lowest BCUT2D eigenvalue weighted by molar-refractivity contribution is 0.0955. The first-order valence-corrected chi connectivity index (χ1v) is 12.9. The maximum Gasteiger partial charge on any atom is 0.251 e. The van der Waals surface area contributed by atoms with Crippen LogP contribution in [-0.4, -0.2) is 44.9 Å². The minimum absolute atomic E-state index is 0.0339. The number of aryl methyl sites for hydroxylation is 1. The topological polar surface area (TPSA) is 97.3 Å². The fourth-order valence-corrected chi connectivity index (χ4v) is 4.53. The van der Waals surface area contributed by atoms with E-state index >= 15 is 0 Å². The second-order valence-corrected chi connectivity index (χ2v) is 9.48. The van der Waals surface area contributed by atoms with E-state index in [1.807, 2.05) is 13.0 Å². The monoisotopic (exact) mass is 530 g/mol. The Hall–Kier alpha value is -3.21. The van der Waals surface area contributed by atoms with Crippen molar-refractivity contribution < 1.29 is 13.6 Å². The number of amides is 1. The van der Waals surface area contributed by atoms with Gasteiger partial charge in [0.05, 0.1) is 16.9 Å². The molecule has 2 aromatic carbocycles. The highest BCUT2D eigenvalue weighted by molar-refractivity contribution is 7.99. The van der Waals surface area contributed by atoms with Gasteiger partial charge in [0, 0.05) is 53.8 Å². The van der Waals surface area contributed by atoms with Crippen LogP contribution in [0.3, 0.4) is 0 Å². The van der Waals surface area contributed by atoms with E-state index in [4.69, 9.17) is 17.3 Å². The smallest absolute Gasteiger partial charge is 0.251 e. The molecule has 0 aliphatic rings. The van der Waals surface area contributed by atoms with Crippen molar-refractivity contribution in [1.82, 2.24) is 19.7 Å². The van der Waals surface area contributed by atoms with E-state index in [-0.39, 0.29) is 16.5 Å². The number of aromatic nitrogens is 3. The van der Waals surface area contributed by atoms with Crippen molar-refractivity contribution in [1.29, 1.82) is 0 Å². The Morgan fingerprint density at radius 1 is 1.17 bits per heavy atom. The number of fused-ring (bicyclic) bond motifs is 1. The number of nitrogens with two attached hydrogens (primary N) is 1. The largest absolute Gasteiger partial charge is 0.351 e. The average molecular weight is 531 g/mol. The standard InChI is InChI=1S/C25H25ClF2N6OS/c1-2-15-13-16(3-4-17(15)25(35)31-9-12-36-11-7-29)33-23-24-32-14-20(34(24)10-8-30-23)18-5-6-19(26)22(28)21(18)27/h3-6,8,10,13-14H,2,7,9,11-12,29H2,1H3,(H,30,33)(H,31,35). The molecule has 0 unspecified atom stereocenters. The van der Waals surface area contributed by atoms with Gasteiger partial charge >= 0.3 is 0 Å². The first kappa shape index (κ1) is 25.9. The predicted octanol–water partition coefficient (Wildman–Crippen LogP) is 5.06. The lowest BCUT2D eigenvalue weighted by Crippen LogP contribution is -2.27. The fourth-order valence-electron chi connectivity index (χ4n) is 3.77. The number of halogens is 3. The van der Waals surface area contributed by atoms with Crippen LogP contribution in [0.2, 0.25) is 5.02 Å². The molecular weight excluding hydrogens is 506 g/mol. The molecule has 4 N–H and O–H groups in total. The normalized spacial score (nSPS) is 11.1. The van der Waals surface area contributed by atoms with Gasteiger partial charge in [-0.15, -0.1) is 0 Å². The molecule has 7 nitrogen and oxygen atoms in total. The van der Waals surface area contributed by atoms with Crippen LogP contribution in [0.25, 0.3) is 16.9 Å². The fraction of sp³-hybridized carbons (Fsp3) is 0.240. The molecular formula is C25H25ClF2N6OS. The number of benzene rings is 2. The SMILES string of the molecule is CCc1cc(Nc2nccn3c(-c4ccc(Cl)c(F)c4F)cnc23)ccc1C(=O)NCCSCCN. The van der Waals surface area contributed by atoms with Gasteiger partial charge in [0.25, 0.3) is 5.91 Å². The first-order chi connectivity index (χ1) is 17.4. The first-order valence-electron chi connectivity index (χ1n) is 11.4. The summed E-state index contributed by atoms with van der Waals surface area (Å²) in [6.45, 7) is 3.16. The second-order valence-electron chi connectivity index (χ2n) is 7.84. The number of imidazole rings is 1. The number of rotatable bonds is 10. The Morgan fingerprint density at radius 3 is 2.78 bits per heavy atom. The Bertz CT molecular complexity index is 1400. The molecule has 0 spiro atoms. The van der Waals surface area contributed by atoms with E-state index in [1.165, 1.54) is 24.5 Å². The molecule has 2 heterocycles. The van der Waals surface area contributed by atoms with E-state index < -0.39 is 11.6 Å². The van der Waals surface area contributed by atoms with Gasteiger partial charge in [-0.3, -0.25) is 9.20 Å². The van der Waals surface area contributed by atoms with Gasteiger partial charge in [-0.05, 0) is 42.3 Å². The van der Waals surface area contributed by atoms with Gasteiger partial charge in [-0.25, -0.2) is 18.7 Å². The van der Waals surface area contributed by atoms with Crippen LogP contribution in [0.15, 0.2) is 48.9 Å². The minimum Gasteiger partial charge on any atom is -0.351 e. The third-order valence-electron chi connectivity index (χ3n) is 5.53. The van der Waals surface area contributed by atoms with Crippen LogP contribution in [-0.2, 0) is 6.42 Å². The van der Waals surface area contributed by atoms with Crippen molar-refractivity contribution in [3.63, 3.8) is 0 Å². The lowest BCUT2D eigenvalue weighted by Gasteiger charge is -2.13. The highest BCUT2D eigenvalue weighted by Gasteiger charge is 2.18. The molecule has 0 bridgehead atoms. The number of carbonyl (C=O) groups is 1. The highest BCUT2D eigenvalue weighted by atomic mass is 35.5. The van der Waals surface area contributed by atoms with E-state index in [0.717, 1.165) is 22.8 Å². The highest BCUT2D eigenvalue weighted by Crippen LogP contribution is 2.31. The number of nitrogens with one attached hydrogen (secondary N) is 2. The molecule has 1 amide bonds. The molecule has 0 atom stereocenters. The average Bonchev–Trinajstić information content (AvgIpc) is 3.32. The molecule has 4 aromatic rings. The molecule has 11 heteroatoms. The number of carbonyl (C=O) groups excluding carboxylic acids is 1. The summed E-state index contributed by atoms with van der Waals surface area (Å²) >= 11 is 7.39. The summed E-state index contributed by atoms with van der Waals surface area (Å²) < 4.78 is 30.2. The summed E-state index contributed by atoms with van der Waals surface area (Å²) in [6.07, 6.45) is 5.26.